The second-order valence-electron chi connectivity index (χ2n) is 6.92. The molecule has 2 amide bonds. The average molecular weight is 358 g/mol. The molecule has 0 aliphatic carbocycles. The molecule has 136 valence electrons. The van der Waals surface area contributed by atoms with Crippen molar-refractivity contribution in [2.75, 3.05) is 16.8 Å². The summed E-state index contributed by atoms with van der Waals surface area (Å²) < 4.78 is 0. The van der Waals surface area contributed by atoms with Crippen molar-refractivity contribution < 1.29 is 9.59 Å². The SMILES string of the molecule is O=C(Cc1cccc2ccccc12)Nc1cccc(N2CCCCC2=O)c1. The smallest absolute Gasteiger partial charge is 0.228 e. The van der Waals surface area contributed by atoms with E-state index in [0.717, 1.165) is 47.1 Å². The summed E-state index contributed by atoms with van der Waals surface area (Å²) in [5.74, 6) is 0.0916. The molecule has 1 aliphatic heterocycles. The molecule has 4 heteroatoms. The summed E-state index contributed by atoms with van der Waals surface area (Å²) >= 11 is 0. The molecule has 4 rings (SSSR count). The molecule has 0 aromatic heterocycles. The quantitative estimate of drug-likeness (QED) is 0.744. The Kier molecular flexibility index (Phi) is 4.88. The summed E-state index contributed by atoms with van der Waals surface area (Å²) in [6, 6.07) is 21.6. The van der Waals surface area contributed by atoms with Gasteiger partial charge in [-0.05, 0) is 47.4 Å². The van der Waals surface area contributed by atoms with Gasteiger partial charge in [-0.2, -0.15) is 0 Å². The number of carbonyl (C=O) groups is 2. The first-order valence-electron chi connectivity index (χ1n) is 9.38. The molecule has 0 saturated carbocycles. The van der Waals surface area contributed by atoms with E-state index < -0.39 is 0 Å². The lowest BCUT2D eigenvalue weighted by molar-refractivity contribution is -0.119. The molecule has 1 fully saturated rings. The molecule has 0 spiro atoms. The monoisotopic (exact) mass is 358 g/mol. The zero-order valence-electron chi connectivity index (χ0n) is 15.2. The molecule has 3 aromatic carbocycles. The number of rotatable bonds is 4. The number of carbonyl (C=O) groups excluding carboxylic acids is 2. The summed E-state index contributed by atoms with van der Waals surface area (Å²) in [6.07, 6.45) is 2.88. The van der Waals surface area contributed by atoms with E-state index in [-0.39, 0.29) is 11.8 Å². The van der Waals surface area contributed by atoms with Crippen LogP contribution in [0.3, 0.4) is 0 Å². The fourth-order valence-corrected chi connectivity index (χ4v) is 3.66. The van der Waals surface area contributed by atoms with Crippen molar-refractivity contribution >= 4 is 34.0 Å². The first-order chi connectivity index (χ1) is 13.2. The standard InChI is InChI=1S/C23H22N2O2/c26-22(15-18-9-5-8-17-7-1-2-12-21(17)18)24-19-10-6-11-20(16-19)25-14-4-3-13-23(25)27/h1-2,5-12,16H,3-4,13-15H2,(H,24,26). The van der Waals surface area contributed by atoms with Crippen molar-refractivity contribution in [1.29, 1.82) is 0 Å². The molecule has 1 N–H and O–H groups in total. The molecule has 3 aromatic rings. The van der Waals surface area contributed by atoms with E-state index >= 15 is 0 Å². The van der Waals surface area contributed by atoms with Gasteiger partial charge in [-0.25, -0.2) is 0 Å². The van der Waals surface area contributed by atoms with E-state index in [4.69, 9.17) is 0 Å². The number of anilines is 2. The first-order valence-corrected chi connectivity index (χ1v) is 9.38. The lowest BCUT2D eigenvalue weighted by Gasteiger charge is -2.27. The van der Waals surface area contributed by atoms with Gasteiger partial charge < -0.3 is 10.2 Å². The van der Waals surface area contributed by atoms with E-state index in [9.17, 15) is 9.59 Å². The third kappa shape index (κ3) is 3.85. The van der Waals surface area contributed by atoms with Crippen molar-refractivity contribution in [2.45, 2.75) is 25.7 Å². The fraction of sp³-hybridized carbons (Fsp3) is 0.217. The summed E-state index contributed by atoms with van der Waals surface area (Å²) in [6.45, 7) is 0.742. The van der Waals surface area contributed by atoms with Crippen LogP contribution in [0.1, 0.15) is 24.8 Å². The van der Waals surface area contributed by atoms with Crippen molar-refractivity contribution in [1.82, 2.24) is 0 Å². The number of hydrogen-bond donors (Lipinski definition) is 1. The molecule has 0 unspecified atom stereocenters. The lowest BCUT2D eigenvalue weighted by atomic mass is 10.0. The topological polar surface area (TPSA) is 49.4 Å². The van der Waals surface area contributed by atoms with E-state index in [2.05, 4.69) is 17.4 Å². The second-order valence-corrected chi connectivity index (χ2v) is 6.92. The second kappa shape index (κ2) is 7.62. The Bertz CT molecular complexity index is 991. The lowest BCUT2D eigenvalue weighted by Crippen LogP contribution is -2.35. The zero-order valence-corrected chi connectivity index (χ0v) is 15.2. The molecule has 1 saturated heterocycles. The highest BCUT2D eigenvalue weighted by Crippen LogP contribution is 2.24. The Morgan fingerprint density at radius 1 is 0.963 bits per heavy atom. The maximum Gasteiger partial charge on any atom is 0.228 e. The summed E-state index contributed by atoms with van der Waals surface area (Å²) in [5, 5.41) is 5.21. The van der Waals surface area contributed by atoms with Gasteiger partial charge in [0.05, 0.1) is 6.42 Å². The minimum absolute atomic E-state index is 0.0616. The van der Waals surface area contributed by atoms with Crippen LogP contribution in [0.5, 0.6) is 0 Å². The maximum atomic E-state index is 12.6. The summed E-state index contributed by atoms with van der Waals surface area (Å²) in [7, 11) is 0. The van der Waals surface area contributed by atoms with Crippen LogP contribution in [-0.4, -0.2) is 18.4 Å². The van der Waals surface area contributed by atoms with Gasteiger partial charge in [0.25, 0.3) is 0 Å². The first kappa shape index (κ1) is 17.3. The van der Waals surface area contributed by atoms with Crippen LogP contribution in [-0.2, 0) is 16.0 Å². The molecule has 0 atom stereocenters. The highest BCUT2D eigenvalue weighted by Gasteiger charge is 2.19. The van der Waals surface area contributed by atoms with Crippen LogP contribution in [0, 0.1) is 0 Å². The van der Waals surface area contributed by atoms with Gasteiger partial charge >= 0.3 is 0 Å². The minimum Gasteiger partial charge on any atom is -0.326 e. The van der Waals surface area contributed by atoms with Crippen molar-refractivity contribution in [2.24, 2.45) is 0 Å². The third-order valence-electron chi connectivity index (χ3n) is 5.00. The number of benzene rings is 3. The zero-order chi connectivity index (χ0) is 18.6. The van der Waals surface area contributed by atoms with Crippen molar-refractivity contribution in [3.8, 4) is 0 Å². The fourth-order valence-electron chi connectivity index (χ4n) is 3.66. The van der Waals surface area contributed by atoms with Crippen LogP contribution in [0.15, 0.2) is 66.7 Å². The molecule has 1 heterocycles. The normalized spacial score (nSPS) is 14.4. The van der Waals surface area contributed by atoms with Gasteiger partial charge in [-0.15, -0.1) is 0 Å². The number of nitrogens with zero attached hydrogens (tertiary/aromatic N) is 1. The van der Waals surface area contributed by atoms with E-state index in [1.807, 2.05) is 59.5 Å². The van der Waals surface area contributed by atoms with Crippen molar-refractivity contribution in [3.63, 3.8) is 0 Å². The van der Waals surface area contributed by atoms with Crippen LogP contribution >= 0.6 is 0 Å². The van der Waals surface area contributed by atoms with Crippen molar-refractivity contribution in [3.05, 3.63) is 72.3 Å². The largest absolute Gasteiger partial charge is 0.326 e. The molecular weight excluding hydrogens is 336 g/mol. The molecule has 0 radical (unpaired) electrons. The molecule has 1 aliphatic rings. The Labute approximate surface area is 158 Å². The Balaban J connectivity index is 1.50. The van der Waals surface area contributed by atoms with Gasteiger partial charge in [0, 0.05) is 24.3 Å². The molecular formula is C23H22N2O2. The van der Waals surface area contributed by atoms with E-state index in [0.29, 0.717) is 12.8 Å². The third-order valence-corrected chi connectivity index (χ3v) is 5.00. The number of fused-ring (bicyclic) bond motifs is 1. The predicted octanol–water partition coefficient (Wildman–Crippen LogP) is 4.54. The molecule has 27 heavy (non-hydrogen) atoms. The predicted molar refractivity (Wildman–Crippen MR) is 109 cm³/mol. The van der Waals surface area contributed by atoms with Crippen LogP contribution in [0.25, 0.3) is 10.8 Å². The Morgan fingerprint density at radius 3 is 2.67 bits per heavy atom. The Morgan fingerprint density at radius 2 is 1.78 bits per heavy atom. The van der Waals surface area contributed by atoms with E-state index in [1.165, 1.54) is 0 Å². The number of amides is 2. The summed E-state index contributed by atoms with van der Waals surface area (Å²) in [4.78, 5) is 26.5. The van der Waals surface area contributed by atoms with Crippen LogP contribution in [0.2, 0.25) is 0 Å². The maximum absolute atomic E-state index is 12.6. The average Bonchev–Trinajstić information content (AvgIpc) is 2.69. The van der Waals surface area contributed by atoms with Gasteiger partial charge in [0.15, 0.2) is 0 Å². The van der Waals surface area contributed by atoms with Gasteiger partial charge in [-0.3, -0.25) is 9.59 Å². The minimum atomic E-state index is -0.0616. The highest BCUT2D eigenvalue weighted by atomic mass is 16.2. The van der Waals surface area contributed by atoms with Gasteiger partial charge in [-0.1, -0.05) is 48.5 Å². The molecule has 0 bridgehead atoms. The molecule has 4 nitrogen and oxygen atoms in total. The summed E-state index contributed by atoms with van der Waals surface area (Å²) in [5.41, 5.74) is 2.58. The number of piperidine rings is 1. The van der Waals surface area contributed by atoms with Crippen LogP contribution < -0.4 is 10.2 Å². The Hall–Kier alpha value is -3.14. The highest BCUT2D eigenvalue weighted by molar-refractivity contribution is 5.98. The van der Waals surface area contributed by atoms with Crippen LogP contribution in [0.4, 0.5) is 11.4 Å². The van der Waals surface area contributed by atoms with Gasteiger partial charge in [0.2, 0.25) is 11.8 Å². The number of hydrogen-bond acceptors (Lipinski definition) is 2. The number of nitrogens with one attached hydrogen (secondary N) is 1. The van der Waals surface area contributed by atoms with Gasteiger partial charge in [0.1, 0.15) is 0 Å². The van der Waals surface area contributed by atoms with E-state index in [1.54, 1.807) is 0 Å².